The van der Waals surface area contributed by atoms with Gasteiger partial charge in [0, 0.05) is 0 Å². The van der Waals surface area contributed by atoms with E-state index in [1.165, 1.54) is 23.7 Å². The predicted octanol–water partition coefficient (Wildman–Crippen LogP) is 3.75. The van der Waals surface area contributed by atoms with Crippen molar-refractivity contribution < 1.29 is 4.74 Å². The average molecular weight is 255 g/mol. The van der Waals surface area contributed by atoms with Crippen LogP contribution in [-0.2, 0) is 0 Å². The van der Waals surface area contributed by atoms with E-state index in [9.17, 15) is 0 Å². The third-order valence-corrected chi connectivity index (χ3v) is 2.63. The summed E-state index contributed by atoms with van der Waals surface area (Å²) in [6.45, 7) is 2.10. The molecular formula is C17H21NO. The second kappa shape index (κ2) is 8.11. The first-order chi connectivity index (χ1) is 9.28. The third kappa shape index (κ3) is 4.98. The van der Waals surface area contributed by atoms with Crippen LogP contribution in [0, 0.1) is 6.92 Å². The van der Waals surface area contributed by atoms with Crippen molar-refractivity contribution in [1.82, 2.24) is 0 Å². The van der Waals surface area contributed by atoms with Crippen LogP contribution in [0.5, 0.6) is 5.75 Å². The Morgan fingerprint density at radius 3 is 2.11 bits per heavy atom. The molecule has 2 rings (SSSR count). The summed E-state index contributed by atoms with van der Waals surface area (Å²) in [7, 11) is 3.18. The van der Waals surface area contributed by atoms with Gasteiger partial charge in [0.15, 0.2) is 0 Å². The van der Waals surface area contributed by atoms with E-state index < -0.39 is 0 Å². The lowest BCUT2D eigenvalue weighted by molar-refractivity contribution is 0.415. The van der Waals surface area contributed by atoms with E-state index in [-0.39, 0.29) is 0 Å². The van der Waals surface area contributed by atoms with E-state index in [4.69, 9.17) is 4.74 Å². The first kappa shape index (κ1) is 15.0. The second-order valence-corrected chi connectivity index (χ2v) is 4.02. The van der Waals surface area contributed by atoms with Gasteiger partial charge in [-0.3, -0.25) is 0 Å². The standard InChI is InChI=1S/C16H16O.CH5N/c1-13-4-3-5-15(12-13)7-6-14-8-10-16(17-2)11-9-14;1-2/h3-12H,1-2H3;2H2,1H3/b7-6+;. The van der Waals surface area contributed by atoms with Gasteiger partial charge in [0.05, 0.1) is 7.11 Å². The van der Waals surface area contributed by atoms with E-state index in [0.29, 0.717) is 0 Å². The monoisotopic (exact) mass is 255 g/mol. The Balaban J connectivity index is 0.000000861. The lowest BCUT2D eigenvalue weighted by atomic mass is 10.1. The SMILES string of the molecule is CN.COc1ccc(/C=C/c2cccc(C)c2)cc1. The molecule has 0 unspecified atom stereocenters. The van der Waals surface area contributed by atoms with Crippen LogP contribution >= 0.6 is 0 Å². The number of benzene rings is 2. The van der Waals surface area contributed by atoms with Gasteiger partial charge in [0.25, 0.3) is 0 Å². The van der Waals surface area contributed by atoms with Gasteiger partial charge < -0.3 is 10.5 Å². The summed E-state index contributed by atoms with van der Waals surface area (Å²) in [5.41, 5.74) is 8.18. The quantitative estimate of drug-likeness (QED) is 0.848. The normalized spacial score (nSPS) is 9.89. The average Bonchev–Trinajstić information content (AvgIpc) is 2.48. The molecule has 0 fully saturated rings. The van der Waals surface area contributed by atoms with Gasteiger partial charge in [-0.25, -0.2) is 0 Å². The molecule has 0 aliphatic heterocycles. The van der Waals surface area contributed by atoms with Crippen molar-refractivity contribution in [3.63, 3.8) is 0 Å². The molecule has 2 N–H and O–H groups in total. The molecule has 100 valence electrons. The maximum absolute atomic E-state index is 5.12. The zero-order valence-corrected chi connectivity index (χ0v) is 11.8. The number of hydrogen-bond acceptors (Lipinski definition) is 2. The van der Waals surface area contributed by atoms with Crippen LogP contribution in [-0.4, -0.2) is 14.2 Å². The molecule has 0 atom stereocenters. The summed E-state index contributed by atoms with van der Waals surface area (Å²) in [4.78, 5) is 0. The lowest BCUT2D eigenvalue weighted by Gasteiger charge is -1.99. The lowest BCUT2D eigenvalue weighted by Crippen LogP contribution is -1.81. The third-order valence-electron chi connectivity index (χ3n) is 2.63. The Kier molecular flexibility index (Phi) is 6.41. The molecule has 19 heavy (non-hydrogen) atoms. The molecule has 0 aliphatic carbocycles. The zero-order chi connectivity index (χ0) is 14.1. The van der Waals surface area contributed by atoms with E-state index in [1.54, 1.807) is 7.11 Å². The smallest absolute Gasteiger partial charge is 0.118 e. The van der Waals surface area contributed by atoms with Crippen LogP contribution in [0.1, 0.15) is 16.7 Å². The number of rotatable bonds is 3. The molecule has 2 aromatic rings. The Morgan fingerprint density at radius 2 is 1.53 bits per heavy atom. The molecular weight excluding hydrogens is 234 g/mol. The van der Waals surface area contributed by atoms with Gasteiger partial charge in [-0.1, -0.05) is 54.1 Å². The molecule has 2 heteroatoms. The molecule has 2 nitrogen and oxygen atoms in total. The van der Waals surface area contributed by atoms with Crippen molar-refractivity contribution in [3.8, 4) is 5.75 Å². The first-order valence-corrected chi connectivity index (χ1v) is 6.24. The predicted molar refractivity (Wildman–Crippen MR) is 83.2 cm³/mol. The fraction of sp³-hybridized carbons (Fsp3) is 0.176. The van der Waals surface area contributed by atoms with Crippen LogP contribution < -0.4 is 10.5 Å². The maximum atomic E-state index is 5.12. The Morgan fingerprint density at radius 1 is 0.895 bits per heavy atom. The highest BCUT2D eigenvalue weighted by Gasteiger charge is 1.91. The van der Waals surface area contributed by atoms with Crippen molar-refractivity contribution in [1.29, 1.82) is 0 Å². The van der Waals surface area contributed by atoms with Crippen molar-refractivity contribution in [2.75, 3.05) is 14.2 Å². The zero-order valence-electron chi connectivity index (χ0n) is 11.8. The number of aryl methyl sites for hydroxylation is 1. The summed E-state index contributed by atoms with van der Waals surface area (Å²) in [5.74, 6) is 0.887. The van der Waals surface area contributed by atoms with E-state index in [1.807, 2.05) is 24.3 Å². The fourth-order valence-electron chi connectivity index (χ4n) is 1.68. The highest BCUT2D eigenvalue weighted by Crippen LogP contribution is 2.14. The number of methoxy groups -OCH3 is 1. The highest BCUT2D eigenvalue weighted by atomic mass is 16.5. The van der Waals surface area contributed by atoms with Crippen LogP contribution in [0.25, 0.3) is 12.2 Å². The summed E-state index contributed by atoms with van der Waals surface area (Å²) >= 11 is 0. The van der Waals surface area contributed by atoms with Crippen LogP contribution in [0.15, 0.2) is 48.5 Å². The molecule has 0 aliphatic rings. The van der Waals surface area contributed by atoms with E-state index >= 15 is 0 Å². The minimum absolute atomic E-state index is 0.887. The summed E-state index contributed by atoms with van der Waals surface area (Å²) in [5, 5.41) is 0. The molecule has 2 aromatic carbocycles. The largest absolute Gasteiger partial charge is 0.497 e. The van der Waals surface area contributed by atoms with Crippen LogP contribution in [0.2, 0.25) is 0 Å². The highest BCUT2D eigenvalue weighted by molar-refractivity contribution is 5.70. The Hall–Kier alpha value is -2.06. The van der Waals surface area contributed by atoms with Gasteiger partial charge in [0.2, 0.25) is 0 Å². The minimum atomic E-state index is 0.887. The van der Waals surface area contributed by atoms with Crippen LogP contribution in [0.4, 0.5) is 0 Å². The molecule has 0 radical (unpaired) electrons. The van der Waals surface area contributed by atoms with Gasteiger partial charge in [-0.2, -0.15) is 0 Å². The van der Waals surface area contributed by atoms with Gasteiger partial charge in [-0.05, 0) is 37.2 Å². The van der Waals surface area contributed by atoms with Crippen molar-refractivity contribution in [3.05, 3.63) is 65.2 Å². The van der Waals surface area contributed by atoms with Crippen molar-refractivity contribution in [2.24, 2.45) is 5.73 Å². The van der Waals surface area contributed by atoms with Crippen LogP contribution in [0.3, 0.4) is 0 Å². The number of hydrogen-bond donors (Lipinski definition) is 1. The Labute approximate surface area is 115 Å². The van der Waals surface area contributed by atoms with E-state index in [0.717, 1.165) is 5.75 Å². The van der Waals surface area contributed by atoms with Gasteiger partial charge >= 0.3 is 0 Å². The Bertz CT molecular complexity index is 515. The summed E-state index contributed by atoms with van der Waals surface area (Å²) in [6, 6.07) is 16.5. The van der Waals surface area contributed by atoms with Gasteiger partial charge in [0.1, 0.15) is 5.75 Å². The topological polar surface area (TPSA) is 35.2 Å². The number of nitrogens with two attached hydrogens (primary N) is 1. The summed E-state index contributed by atoms with van der Waals surface area (Å²) in [6.07, 6.45) is 4.23. The minimum Gasteiger partial charge on any atom is -0.497 e. The molecule has 0 heterocycles. The molecule has 0 aromatic heterocycles. The van der Waals surface area contributed by atoms with Crippen molar-refractivity contribution in [2.45, 2.75) is 6.92 Å². The number of ether oxygens (including phenoxy) is 1. The maximum Gasteiger partial charge on any atom is 0.118 e. The van der Waals surface area contributed by atoms with Crippen molar-refractivity contribution >= 4 is 12.2 Å². The first-order valence-electron chi connectivity index (χ1n) is 6.24. The van der Waals surface area contributed by atoms with Gasteiger partial charge in [-0.15, -0.1) is 0 Å². The molecule has 0 bridgehead atoms. The fourth-order valence-corrected chi connectivity index (χ4v) is 1.68. The van der Waals surface area contributed by atoms with E-state index in [2.05, 4.69) is 49.1 Å². The molecule has 0 spiro atoms. The molecule has 0 saturated carbocycles. The summed E-state index contributed by atoms with van der Waals surface area (Å²) < 4.78 is 5.12. The second-order valence-electron chi connectivity index (χ2n) is 4.02. The molecule has 0 saturated heterocycles. The molecule has 0 amide bonds.